The Bertz CT molecular complexity index is 963. The van der Waals surface area contributed by atoms with Crippen LogP contribution in [0.25, 0.3) is 5.69 Å². The predicted octanol–water partition coefficient (Wildman–Crippen LogP) is 3.63. The highest BCUT2D eigenvalue weighted by molar-refractivity contribution is 6.04. The zero-order valence-electron chi connectivity index (χ0n) is 15.0. The topological polar surface area (TPSA) is 96.4 Å². The van der Waals surface area contributed by atoms with Gasteiger partial charge in [-0.25, -0.2) is 9.48 Å². The van der Waals surface area contributed by atoms with Gasteiger partial charge >= 0.3 is 5.97 Å². The highest BCUT2D eigenvalue weighted by Gasteiger charge is 2.25. The lowest BCUT2D eigenvalue weighted by Crippen LogP contribution is -2.13. The standard InChI is InChI=1S/C20H19N3O4/c1-3-26-20(25)19-17(21)18(13(2)24)22-23(19)14-9-11-16(12-10-14)27-15-7-5-4-6-8-15/h4-12H,3,21H2,1-2H3. The van der Waals surface area contributed by atoms with Crippen LogP contribution < -0.4 is 10.5 Å². The van der Waals surface area contributed by atoms with Crippen molar-refractivity contribution < 1.29 is 19.1 Å². The molecular weight excluding hydrogens is 346 g/mol. The molecule has 0 spiro atoms. The molecule has 2 aromatic carbocycles. The van der Waals surface area contributed by atoms with E-state index in [0.29, 0.717) is 17.2 Å². The van der Waals surface area contributed by atoms with Gasteiger partial charge in [0.25, 0.3) is 0 Å². The van der Waals surface area contributed by atoms with Crippen LogP contribution in [0.5, 0.6) is 11.5 Å². The average molecular weight is 365 g/mol. The van der Waals surface area contributed by atoms with Gasteiger partial charge in [0.05, 0.1) is 18.0 Å². The molecule has 0 bridgehead atoms. The van der Waals surface area contributed by atoms with Gasteiger partial charge < -0.3 is 15.2 Å². The molecule has 0 aliphatic heterocycles. The number of benzene rings is 2. The summed E-state index contributed by atoms with van der Waals surface area (Å²) in [6, 6.07) is 16.3. The Morgan fingerprint density at radius 1 is 1.04 bits per heavy atom. The summed E-state index contributed by atoms with van der Waals surface area (Å²) in [7, 11) is 0. The lowest BCUT2D eigenvalue weighted by molar-refractivity contribution is 0.0517. The lowest BCUT2D eigenvalue weighted by Gasteiger charge is -2.09. The molecule has 0 atom stereocenters. The van der Waals surface area contributed by atoms with Crippen LogP contribution in [0.1, 0.15) is 34.8 Å². The van der Waals surface area contributed by atoms with Gasteiger partial charge in [0.1, 0.15) is 11.5 Å². The molecule has 3 rings (SSSR count). The highest BCUT2D eigenvalue weighted by atomic mass is 16.5. The molecule has 0 unspecified atom stereocenters. The van der Waals surface area contributed by atoms with E-state index < -0.39 is 5.97 Å². The molecule has 0 saturated heterocycles. The molecule has 2 N–H and O–H groups in total. The van der Waals surface area contributed by atoms with E-state index in [0.717, 1.165) is 0 Å². The predicted molar refractivity (Wildman–Crippen MR) is 100 cm³/mol. The van der Waals surface area contributed by atoms with E-state index in [1.807, 2.05) is 30.3 Å². The van der Waals surface area contributed by atoms with Crippen LogP contribution in [-0.4, -0.2) is 28.1 Å². The van der Waals surface area contributed by atoms with E-state index in [2.05, 4.69) is 5.10 Å². The number of nitrogens with zero attached hydrogens (tertiary/aromatic N) is 2. The third-order valence-corrected chi connectivity index (χ3v) is 3.78. The number of carbonyl (C=O) groups is 2. The maximum atomic E-state index is 12.3. The van der Waals surface area contributed by atoms with E-state index in [9.17, 15) is 9.59 Å². The first-order valence-corrected chi connectivity index (χ1v) is 8.41. The lowest BCUT2D eigenvalue weighted by atomic mass is 10.2. The van der Waals surface area contributed by atoms with Crippen molar-refractivity contribution in [1.29, 1.82) is 0 Å². The van der Waals surface area contributed by atoms with Gasteiger partial charge in [0.15, 0.2) is 17.2 Å². The fourth-order valence-corrected chi connectivity index (χ4v) is 2.55. The maximum absolute atomic E-state index is 12.3. The number of nitrogen functional groups attached to an aromatic ring is 1. The van der Waals surface area contributed by atoms with Crippen molar-refractivity contribution in [2.24, 2.45) is 0 Å². The number of aromatic nitrogens is 2. The molecule has 138 valence electrons. The van der Waals surface area contributed by atoms with Crippen LogP contribution in [0.4, 0.5) is 5.69 Å². The van der Waals surface area contributed by atoms with Gasteiger partial charge in [-0.1, -0.05) is 18.2 Å². The Kier molecular flexibility index (Phi) is 5.21. The van der Waals surface area contributed by atoms with Crippen molar-refractivity contribution >= 4 is 17.4 Å². The Balaban J connectivity index is 1.96. The number of esters is 1. The molecular formula is C20H19N3O4. The first kappa shape index (κ1) is 18.2. The van der Waals surface area contributed by atoms with Gasteiger partial charge in [-0.2, -0.15) is 5.10 Å². The number of Topliss-reactive ketones (excluding diaryl/α,β-unsaturated/α-hetero) is 1. The molecule has 0 fully saturated rings. The van der Waals surface area contributed by atoms with E-state index in [1.54, 1.807) is 31.2 Å². The highest BCUT2D eigenvalue weighted by Crippen LogP contribution is 2.26. The van der Waals surface area contributed by atoms with Gasteiger partial charge in [-0.15, -0.1) is 0 Å². The Morgan fingerprint density at radius 3 is 2.26 bits per heavy atom. The molecule has 0 amide bonds. The van der Waals surface area contributed by atoms with E-state index in [-0.39, 0.29) is 29.5 Å². The number of nitrogens with two attached hydrogens (primary N) is 1. The molecule has 7 nitrogen and oxygen atoms in total. The van der Waals surface area contributed by atoms with Gasteiger partial charge in [0, 0.05) is 6.92 Å². The van der Waals surface area contributed by atoms with Crippen molar-refractivity contribution in [3.8, 4) is 17.2 Å². The van der Waals surface area contributed by atoms with Crippen molar-refractivity contribution in [2.45, 2.75) is 13.8 Å². The summed E-state index contributed by atoms with van der Waals surface area (Å²) in [4.78, 5) is 24.1. The second-order valence-electron chi connectivity index (χ2n) is 5.71. The summed E-state index contributed by atoms with van der Waals surface area (Å²) in [6.07, 6.45) is 0. The number of hydrogen-bond donors (Lipinski definition) is 1. The minimum Gasteiger partial charge on any atom is -0.461 e. The molecule has 7 heteroatoms. The van der Waals surface area contributed by atoms with Gasteiger partial charge in [-0.05, 0) is 43.3 Å². The Labute approximate surface area is 156 Å². The fraction of sp³-hybridized carbons (Fsp3) is 0.150. The van der Waals surface area contributed by atoms with Crippen LogP contribution in [0.2, 0.25) is 0 Å². The monoisotopic (exact) mass is 365 g/mol. The number of anilines is 1. The zero-order valence-corrected chi connectivity index (χ0v) is 15.0. The van der Waals surface area contributed by atoms with Crippen molar-refractivity contribution in [3.63, 3.8) is 0 Å². The SMILES string of the molecule is CCOC(=O)c1c(N)c(C(C)=O)nn1-c1ccc(Oc2ccccc2)cc1. The van der Waals surface area contributed by atoms with Gasteiger partial charge in [-0.3, -0.25) is 4.79 Å². The number of para-hydroxylation sites is 1. The molecule has 1 aromatic heterocycles. The van der Waals surface area contributed by atoms with Crippen LogP contribution in [0, 0.1) is 0 Å². The largest absolute Gasteiger partial charge is 0.461 e. The molecule has 3 aromatic rings. The molecule has 0 aliphatic carbocycles. The Hall–Kier alpha value is -3.61. The van der Waals surface area contributed by atoms with E-state index >= 15 is 0 Å². The second kappa shape index (κ2) is 7.74. The van der Waals surface area contributed by atoms with Crippen LogP contribution in [-0.2, 0) is 4.74 Å². The van der Waals surface area contributed by atoms with Crippen molar-refractivity contribution in [2.75, 3.05) is 12.3 Å². The first-order valence-electron chi connectivity index (χ1n) is 8.41. The number of carbonyl (C=O) groups excluding carboxylic acids is 2. The second-order valence-corrected chi connectivity index (χ2v) is 5.71. The minimum atomic E-state index is -0.639. The maximum Gasteiger partial charge on any atom is 0.359 e. The third-order valence-electron chi connectivity index (χ3n) is 3.78. The smallest absolute Gasteiger partial charge is 0.359 e. The number of ketones is 1. The quantitative estimate of drug-likeness (QED) is 0.529. The third kappa shape index (κ3) is 3.82. The molecule has 0 aliphatic rings. The van der Waals surface area contributed by atoms with Crippen LogP contribution in [0.15, 0.2) is 54.6 Å². The van der Waals surface area contributed by atoms with E-state index in [4.69, 9.17) is 15.2 Å². The summed E-state index contributed by atoms with van der Waals surface area (Å²) in [5, 5.41) is 4.20. The zero-order chi connectivity index (χ0) is 19.4. The van der Waals surface area contributed by atoms with Crippen molar-refractivity contribution in [3.05, 3.63) is 66.0 Å². The summed E-state index contributed by atoms with van der Waals surface area (Å²) in [6.45, 7) is 3.22. The fourth-order valence-electron chi connectivity index (χ4n) is 2.55. The van der Waals surface area contributed by atoms with Crippen LogP contribution in [0.3, 0.4) is 0 Å². The molecule has 0 radical (unpaired) electrons. The number of ether oxygens (including phenoxy) is 2. The molecule has 1 heterocycles. The minimum absolute atomic E-state index is 0.00515. The first-order chi connectivity index (χ1) is 13.0. The van der Waals surface area contributed by atoms with Crippen LogP contribution >= 0.6 is 0 Å². The van der Waals surface area contributed by atoms with E-state index in [1.165, 1.54) is 11.6 Å². The van der Waals surface area contributed by atoms with Crippen molar-refractivity contribution in [1.82, 2.24) is 9.78 Å². The summed E-state index contributed by atoms with van der Waals surface area (Å²) >= 11 is 0. The summed E-state index contributed by atoms with van der Waals surface area (Å²) in [5.74, 6) is 0.356. The number of rotatable bonds is 6. The Morgan fingerprint density at radius 2 is 1.67 bits per heavy atom. The molecule has 0 saturated carbocycles. The average Bonchev–Trinajstić information content (AvgIpc) is 3.01. The number of hydrogen-bond acceptors (Lipinski definition) is 6. The molecule has 27 heavy (non-hydrogen) atoms. The normalized spacial score (nSPS) is 10.4. The summed E-state index contributed by atoms with van der Waals surface area (Å²) < 4.78 is 12.1. The summed E-state index contributed by atoms with van der Waals surface area (Å²) in [5.41, 5.74) is 6.59. The van der Waals surface area contributed by atoms with Gasteiger partial charge in [0.2, 0.25) is 0 Å².